The highest BCUT2D eigenvalue weighted by Crippen LogP contribution is 2.30. The number of nitrogens with one attached hydrogen (secondary N) is 1. The van der Waals surface area contributed by atoms with Crippen molar-refractivity contribution in [2.24, 2.45) is 5.92 Å². The van der Waals surface area contributed by atoms with Gasteiger partial charge in [-0.25, -0.2) is 4.39 Å². The molecule has 3 aromatic rings. The van der Waals surface area contributed by atoms with Crippen LogP contribution in [0.25, 0.3) is 10.9 Å². The van der Waals surface area contributed by atoms with Crippen molar-refractivity contribution in [1.29, 1.82) is 0 Å². The number of fused-ring (bicyclic) bond motifs is 1. The molecule has 0 bridgehead atoms. The zero-order chi connectivity index (χ0) is 25.8. The molecule has 0 unspecified atom stereocenters. The lowest BCUT2D eigenvalue weighted by molar-refractivity contribution is -0.0266. The molecule has 8 heteroatoms. The largest absolute Gasteiger partial charge is 0.486 e. The Labute approximate surface area is 221 Å². The molecule has 2 atom stereocenters. The minimum atomic E-state index is -0.620. The third-order valence-corrected chi connectivity index (χ3v) is 8.00. The van der Waals surface area contributed by atoms with Gasteiger partial charge in [-0.15, -0.1) is 0 Å². The number of aliphatic hydroxyl groups excluding tert-OH is 1. The maximum Gasteiger partial charge on any atom is 0.252 e. The summed E-state index contributed by atoms with van der Waals surface area (Å²) >= 11 is 6.07. The molecule has 2 N–H and O–H groups in total. The second-order valence-corrected chi connectivity index (χ2v) is 10.7. The first-order valence-electron chi connectivity index (χ1n) is 13.1. The molecule has 37 heavy (non-hydrogen) atoms. The van der Waals surface area contributed by atoms with E-state index in [0.717, 1.165) is 56.1 Å². The third kappa shape index (κ3) is 6.40. The highest BCUT2D eigenvalue weighted by Gasteiger charge is 2.30. The number of carbonyl (C=O) groups excluding carboxylic acids is 1. The monoisotopic (exact) mass is 525 g/mol. The minimum Gasteiger partial charge on any atom is -0.486 e. The van der Waals surface area contributed by atoms with Gasteiger partial charge in [0.1, 0.15) is 23.8 Å². The topological polar surface area (TPSA) is 74.7 Å². The van der Waals surface area contributed by atoms with Gasteiger partial charge in [0.25, 0.3) is 5.91 Å². The van der Waals surface area contributed by atoms with Crippen molar-refractivity contribution in [3.8, 4) is 5.75 Å². The van der Waals surface area contributed by atoms with Crippen molar-refractivity contribution in [3.05, 3.63) is 71.1 Å². The van der Waals surface area contributed by atoms with E-state index in [0.29, 0.717) is 30.2 Å². The summed E-state index contributed by atoms with van der Waals surface area (Å²) in [5, 5.41) is 15.0. The number of nitrogens with zero attached hydrogens (tertiary/aromatic N) is 2. The van der Waals surface area contributed by atoms with Crippen LogP contribution in [-0.4, -0.2) is 58.8 Å². The summed E-state index contributed by atoms with van der Waals surface area (Å²) in [6.07, 6.45) is 6.64. The second kappa shape index (κ2) is 11.8. The normalized spacial score (nSPS) is 24.6. The number of aliphatic hydroxyl groups is 1. The standard InChI is InChI=1S/C29H33ClFN3O3/c30-24-17-20(31)7-10-27(24)37-28-13-16-34(18-26(28)35)15-12-19-5-8-21(9-6-19)33-29(36)23-11-14-32-25-4-2-1-3-22(23)25/h1-4,7,10-11,14,17,19,21,26,28,35H,5-6,8-9,12-13,15-16,18H2,(H,33,36)/t19?,21?,26-,28-/m1/s1. The fourth-order valence-corrected chi connectivity index (χ4v) is 5.78. The fraction of sp³-hybridized carbons (Fsp3) is 0.448. The number of para-hydroxylation sites is 1. The zero-order valence-electron chi connectivity index (χ0n) is 20.8. The van der Waals surface area contributed by atoms with E-state index in [1.165, 1.54) is 18.2 Å². The molecule has 0 spiro atoms. The minimum absolute atomic E-state index is 0.0250. The van der Waals surface area contributed by atoms with Gasteiger partial charge < -0.3 is 20.1 Å². The Bertz CT molecular complexity index is 1230. The summed E-state index contributed by atoms with van der Waals surface area (Å²) in [6, 6.07) is 13.8. The zero-order valence-corrected chi connectivity index (χ0v) is 21.5. The Balaban J connectivity index is 1.04. The molecule has 1 saturated carbocycles. The van der Waals surface area contributed by atoms with E-state index < -0.39 is 11.9 Å². The molecule has 2 aromatic carbocycles. The Morgan fingerprint density at radius 2 is 1.95 bits per heavy atom. The lowest BCUT2D eigenvalue weighted by Gasteiger charge is -2.37. The van der Waals surface area contributed by atoms with Crippen LogP contribution < -0.4 is 10.1 Å². The number of amides is 1. The van der Waals surface area contributed by atoms with E-state index in [-0.39, 0.29) is 23.1 Å². The van der Waals surface area contributed by atoms with Crippen LogP contribution in [-0.2, 0) is 0 Å². The fourth-order valence-electron chi connectivity index (χ4n) is 5.57. The van der Waals surface area contributed by atoms with Crippen molar-refractivity contribution in [1.82, 2.24) is 15.2 Å². The molecule has 1 aliphatic carbocycles. The second-order valence-electron chi connectivity index (χ2n) is 10.2. The highest BCUT2D eigenvalue weighted by molar-refractivity contribution is 6.32. The summed E-state index contributed by atoms with van der Waals surface area (Å²) in [5.74, 6) is 0.593. The number of β-amino-alcohol motifs (C(OH)–C–C–N with tert-alkyl or cyclic N) is 1. The van der Waals surface area contributed by atoms with Crippen LogP contribution in [0, 0.1) is 11.7 Å². The lowest BCUT2D eigenvalue weighted by atomic mass is 9.83. The molecular formula is C29H33ClFN3O3. The van der Waals surface area contributed by atoms with Gasteiger partial charge in [-0.2, -0.15) is 0 Å². The van der Waals surface area contributed by atoms with Crippen molar-refractivity contribution in [3.63, 3.8) is 0 Å². The van der Waals surface area contributed by atoms with Gasteiger partial charge in [0.2, 0.25) is 0 Å². The van der Waals surface area contributed by atoms with Gasteiger partial charge >= 0.3 is 0 Å². The molecule has 6 nitrogen and oxygen atoms in total. The van der Waals surface area contributed by atoms with Gasteiger partial charge in [0.15, 0.2) is 0 Å². The van der Waals surface area contributed by atoms with Crippen molar-refractivity contribution in [2.45, 2.75) is 56.8 Å². The smallest absolute Gasteiger partial charge is 0.252 e. The van der Waals surface area contributed by atoms with Crippen LogP contribution >= 0.6 is 11.6 Å². The van der Waals surface area contributed by atoms with Crippen molar-refractivity contribution in [2.75, 3.05) is 19.6 Å². The molecule has 1 aliphatic heterocycles. The first-order valence-corrected chi connectivity index (χ1v) is 13.5. The van der Waals surface area contributed by atoms with Gasteiger partial charge in [0.05, 0.1) is 16.1 Å². The molecular weight excluding hydrogens is 493 g/mol. The molecule has 5 rings (SSSR count). The first kappa shape index (κ1) is 25.9. The number of hydrogen-bond donors (Lipinski definition) is 2. The summed E-state index contributed by atoms with van der Waals surface area (Å²) in [7, 11) is 0. The number of ether oxygens (including phenoxy) is 1. The van der Waals surface area contributed by atoms with E-state index in [2.05, 4.69) is 15.2 Å². The first-order chi connectivity index (χ1) is 18.0. The summed E-state index contributed by atoms with van der Waals surface area (Å²) < 4.78 is 19.2. The molecule has 1 saturated heterocycles. The summed E-state index contributed by atoms with van der Waals surface area (Å²) in [4.78, 5) is 19.6. The van der Waals surface area contributed by atoms with Crippen LogP contribution in [0.15, 0.2) is 54.7 Å². The van der Waals surface area contributed by atoms with Gasteiger partial charge in [0, 0.05) is 30.7 Å². The Morgan fingerprint density at radius 1 is 1.14 bits per heavy atom. The highest BCUT2D eigenvalue weighted by atomic mass is 35.5. The molecule has 1 aromatic heterocycles. The van der Waals surface area contributed by atoms with Crippen LogP contribution in [0.5, 0.6) is 5.75 Å². The number of piperidine rings is 1. The van der Waals surface area contributed by atoms with E-state index in [9.17, 15) is 14.3 Å². The molecule has 2 heterocycles. The third-order valence-electron chi connectivity index (χ3n) is 7.71. The number of pyridine rings is 1. The van der Waals surface area contributed by atoms with E-state index in [1.54, 1.807) is 12.3 Å². The quantitative estimate of drug-likeness (QED) is 0.442. The summed E-state index contributed by atoms with van der Waals surface area (Å²) in [5.41, 5.74) is 1.51. The molecule has 196 valence electrons. The van der Waals surface area contributed by atoms with Crippen molar-refractivity contribution >= 4 is 28.4 Å². The van der Waals surface area contributed by atoms with Gasteiger partial charge in [-0.3, -0.25) is 9.78 Å². The van der Waals surface area contributed by atoms with E-state index in [1.807, 2.05) is 24.3 Å². The van der Waals surface area contributed by atoms with Crippen LogP contribution in [0.4, 0.5) is 4.39 Å². The SMILES string of the molecule is O=C(NC1CCC(CCN2CC[C@@H](Oc3ccc(F)cc3Cl)[C@H](O)C2)CC1)c1ccnc2ccccc12. The molecule has 2 fully saturated rings. The van der Waals surface area contributed by atoms with Gasteiger partial charge in [-0.1, -0.05) is 29.8 Å². The van der Waals surface area contributed by atoms with E-state index >= 15 is 0 Å². The number of carbonyl (C=O) groups is 1. The average Bonchev–Trinajstić information content (AvgIpc) is 2.90. The predicted molar refractivity (Wildman–Crippen MR) is 142 cm³/mol. The maximum absolute atomic E-state index is 13.3. The van der Waals surface area contributed by atoms with Crippen LogP contribution in [0.3, 0.4) is 0 Å². The van der Waals surface area contributed by atoms with E-state index in [4.69, 9.17) is 16.3 Å². The summed E-state index contributed by atoms with van der Waals surface area (Å²) in [6.45, 7) is 2.33. The molecule has 0 radical (unpaired) electrons. The maximum atomic E-state index is 13.3. The van der Waals surface area contributed by atoms with Gasteiger partial charge in [-0.05, 0) is 81.3 Å². The number of halogens is 2. The van der Waals surface area contributed by atoms with Crippen LogP contribution in [0.1, 0.15) is 48.9 Å². The Hall–Kier alpha value is -2.74. The number of rotatable bonds is 7. The van der Waals surface area contributed by atoms with Crippen molar-refractivity contribution < 1.29 is 19.0 Å². The predicted octanol–water partition coefficient (Wildman–Crippen LogP) is 5.22. The number of hydrogen-bond acceptors (Lipinski definition) is 5. The average molecular weight is 526 g/mol. The number of benzene rings is 2. The number of aromatic nitrogens is 1. The Kier molecular flexibility index (Phi) is 8.23. The molecule has 1 amide bonds. The lowest BCUT2D eigenvalue weighted by Crippen LogP contribution is -2.49. The number of likely N-dealkylation sites (tertiary alicyclic amines) is 1. The van der Waals surface area contributed by atoms with Crippen LogP contribution in [0.2, 0.25) is 5.02 Å². The molecule has 2 aliphatic rings. The Morgan fingerprint density at radius 3 is 2.73 bits per heavy atom.